The van der Waals surface area contributed by atoms with Crippen LogP contribution in [0, 0.1) is 6.92 Å². The van der Waals surface area contributed by atoms with Gasteiger partial charge in [0.1, 0.15) is 0 Å². The topological polar surface area (TPSA) is 35.2 Å². The van der Waals surface area contributed by atoms with Gasteiger partial charge < -0.3 is 10.5 Å². The van der Waals surface area contributed by atoms with Gasteiger partial charge in [-0.2, -0.15) is 0 Å². The molecule has 0 aliphatic carbocycles. The monoisotopic (exact) mass is 249 g/mol. The average Bonchev–Trinajstić information content (AvgIpc) is 2.29. The molecule has 0 aliphatic heterocycles. The predicted molar refractivity (Wildman–Crippen MR) is 55.4 cm³/mol. The van der Waals surface area contributed by atoms with Crippen molar-refractivity contribution >= 4 is 27.3 Å². The van der Waals surface area contributed by atoms with Crippen LogP contribution in [-0.2, 0) is 17.9 Å². The van der Waals surface area contributed by atoms with E-state index in [1.54, 1.807) is 18.4 Å². The van der Waals surface area contributed by atoms with Crippen molar-refractivity contribution in [3.05, 3.63) is 19.8 Å². The molecule has 0 saturated carbocycles. The highest BCUT2D eigenvalue weighted by molar-refractivity contribution is 9.11. The van der Waals surface area contributed by atoms with E-state index in [4.69, 9.17) is 10.5 Å². The number of nitrogens with two attached hydrogens (primary N) is 1. The highest BCUT2D eigenvalue weighted by Crippen LogP contribution is 2.32. The Labute approximate surface area is 84.9 Å². The smallest absolute Gasteiger partial charge is 0.0808 e. The first-order valence-corrected chi connectivity index (χ1v) is 5.27. The lowest BCUT2D eigenvalue weighted by Gasteiger charge is -1.98. The SMILES string of the molecule is COCc1sc(Br)c(CN)c1C. The Balaban J connectivity index is 3.00. The molecule has 0 bridgehead atoms. The van der Waals surface area contributed by atoms with Crippen LogP contribution in [0.3, 0.4) is 0 Å². The highest BCUT2D eigenvalue weighted by Gasteiger charge is 2.10. The van der Waals surface area contributed by atoms with Gasteiger partial charge in [0.25, 0.3) is 0 Å². The van der Waals surface area contributed by atoms with E-state index in [1.807, 2.05) is 0 Å². The van der Waals surface area contributed by atoms with Crippen molar-refractivity contribution in [3.8, 4) is 0 Å². The molecule has 1 aromatic heterocycles. The van der Waals surface area contributed by atoms with Gasteiger partial charge >= 0.3 is 0 Å². The van der Waals surface area contributed by atoms with Gasteiger partial charge in [-0.3, -0.25) is 0 Å². The maximum atomic E-state index is 5.60. The molecular formula is C8H12BrNOS. The maximum Gasteiger partial charge on any atom is 0.0808 e. The lowest BCUT2D eigenvalue weighted by Crippen LogP contribution is -1.97. The Hall–Kier alpha value is 0.1000. The fourth-order valence-electron chi connectivity index (χ4n) is 1.06. The van der Waals surface area contributed by atoms with Crippen LogP contribution in [0.25, 0.3) is 0 Å². The van der Waals surface area contributed by atoms with Gasteiger partial charge in [0.05, 0.1) is 10.4 Å². The van der Waals surface area contributed by atoms with E-state index in [9.17, 15) is 0 Å². The third kappa shape index (κ3) is 1.88. The van der Waals surface area contributed by atoms with Gasteiger partial charge in [-0.25, -0.2) is 0 Å². The second kappa shape index (κ2) is 4.37. The minimum atomic E-state index is 0.590. The van der Waals surface area contributed by atoms with Gasteiger partial charge in [-0.1, -0.05) is 0 Å². The zero-order chi connectivity index (χ0) is 9.14. The van der Waals surface area contributed by atoms with E-state index in [0.717, 1.165) is 3.79 Å². The first-order chi connectivity index (χ1) is 5.70. The lowest BCUT2D eigenvalue weighted by atomic mass is 10.2. The molecule has 1 aromatic rings. The third-order valence-corrected chi connectivity index (χ3v) is 3.86. The molecule has 12 heavy (non-hydrogen) atoms. The van der Waals surface area contributed by atoms with Crippen molar-refractivity contribution in [3.63, 3.8) is 0 Å². The van der Waals surface area contributed by atoms with Crippen LogP contribution in [0.5, 0.6) is 0 Å². The van der Waals surface area contributed by atoms with Gasteiger partial charge in [-0.15, -0.1) is 11.3 Å². The summed E-state index contributed by atoms with van der Waals surface area (Å²) in [4.78, 5) is 1.25. The van der Waals surface area contributed by atoms with E-state index in [2.05, 4.69) is 22.9 Å². The minimum Gasteiger partial charge on any atom is -0.379 e. The standard InChI is InChI=1S/C8H12BrNOS/c1-5-6(3-10)8(9)12-7(5)4-11-2/h3-4,10H2,1-2H3. The molecule has 0 saturated heterocycles. The van der Waals surface area contributed by atoms with Crippen LogP contribution < -0.4 is 5.73 Å². The summed E-state index contributed by atoms with van der Waals surface area (Å²) in [5.74, 6) is 0. The number of ether oxygens (including phenoxy) is 1. The first-order valence-electron chi connectivity index (χ1n) is 3.66. The molecule has 1 rings (SSSR count). The summed E-state index contributed by atoms with van der Waals surface area (Å²) in [7, 11) is 1.70. The second-order valence-electron chi connectivity index (χ2n) is 2.54. The fraction of sp³-hybridized carbons (Fsp3) is 0.500. The number of hydrogen-bond donors (Lipinski definition) is 1. The Bertz CT molecular complexity index is 272. The van der Waals surface area contributed by atoms with E-state index in [0.29, 0.717) is 13.2 Å². The molecule has 0 aliphatic rings. The van der Waals surface area contributed by atoms with Gasteiger partial charge in [0, 0.05) is 18.5 Å². The molecule has 0 radical (unpaired) electrons. The van der Waals surface area contributed by atoms with Gasteiger partial charge in [0.2, 0.25) is 0 Å². The molecule has 2 N–H and O–H groups in total. The quantitative estimate of drug-likeness (QED) is 0.894. The van der Waals surface area contributed by atoms with Gasteiger partial charge in [-0.05, 0) is 34.0 Å². The van der Waals surface area contributed by atoms with Crippen molar-refractivity contribution in [1.29, 1.82) is 0 Å². The molecule has 0 fully saturated rings. The summed E-state index contributed by atoms with van der Waals surface area (Å²) in [6.07, 6.45) is 0. The number of halogens is 1. The maximum absolute atomic E-state index is 5.60. The molecule has 0 atom stereocenters. The Morgan fingerprint density at radius 3 is 2.67 bits per heavy atom. The molecule has 0 unspecified atom stereocenters. The summed E-state index contributed by atoms with van der Waals surface area (Å²) < 4.78 is 6.20. The predicted octanol–water partition coefficient (Wildman–Crippen LogP) is 2.42. The van der Waals surface area contributed by atoms with Crippen LogP contribution in [0.15, 0.2) is 3.79 Å². The van der Waals surface area contributed by atoms with Crippen LogP contribution in [0.4, 0.5) is 0 Å². The summed E-state index contributed by atoms with van der Waals surface area (Å²) in [6, 6.07) is 0. The molecule has 2 nitrogen and oxygen atoms in total. The molecule has 68 valence electrons. The largest absolute Gasteiger partial charge is 0.379 e. The fourth-order valence-corrected chi connectivity index (χ4v) is 3.14. The van der Waals surface area contributed by atoms with Crippen LogP contribution in [-0.4, -0.2) is 7.11 Å². The molecule has 4 heteroatoms. The third-order valence-electron chi connectivity index (χ3n) is 1.80. The Kier molecular flexibility index (Phi) is 3.71. The molecule has 1 heterocycles. The number of methoxy groups -OCH3 is 1. The lowest BCUT2D eigenvalue weighted by molar-refractivity contribution is 0.187. The Morgan fingerprint density at radius 1 is 1.58 bits per heavy atom. The van der Waals surface area contributed by atoms with E-state index in [1.165, 1.54) is 16.0 Å². The number of thiophene rings is 1. The van der Waals surface area contributed by atoms with E-state index < -0.39 is 0 Å². The summed E-state index contributed by atoms with van der Waals surface area (Å²) in [6.45, 7) is 3.35. The normalized spacial score (nSPS) is 10.7. The summed E-state index contributed by atoms with van der Waals surface area (Å²) in [5, 5.41) is 0. The minimum absolute atomic E-state index is 0.590. The molecule has 0 aromatic carbocycles. The van der Waals surface area contributed by atoms with Crippen molar-refractivity contribution in [2.75, 3.05) is 7.11 Å². The zero-order valence-electron chi connectivity index (χ0n) is 7.19. The zero-order valence-corrected chi connectivity index (χ0v) is 9.59. The first kappa shape index (κ1) is 10.2. The average molecular weight is 250 g/mol. The second-order valence-corrected chi connectivity index (χ2v) is 4.96. The number of hydrogen-bond acceptors (Lipinski definition) is 3. The summed E-state index contributed by atoms with van der Waals surface area (Å²) in [5.41, 5.74) is 8.06. The Morgan fingerprint density at radius 2 is 2.25 bits per heavy atom. The molecule has 0 spiro atoms. The van der Waals surface area contributed by atoms with Crippen LogP contribution >= 0.6 is 27.3 Å². The van der Waals surface area contributed by atoms with Crippen LogP contribution in [0.1, 0.15) is 16.0 Å². The van der Waals surface area contributed by atoms with E-state index in [-0.39, 0.29) is 0 Å². The van der Waals surface area contributed by atoms with Crippen LogP contribution in [0.2, 0.25) is 0 Å². The van der Waals surface area contributed by atoms with Gasteiger partial charge in [0.15, 0.2) is 0 Å². The molecular weight excluding hydrogens is 238 g/mol. The number of rotatable bonds is 3. The van der Waals surface area contributed by atoms with Crippen molar-refractivity contribution < 1.29 is 4.74 Å². The molecule has 0 amide bonds. The van der Waals surface area contributed by atoms with E-state index >= 15 is 0 Å². The summed E-state index contributed by atoms with van der Waals surface area (Å²) >= 11 is 5.18. The van der Waals surface area contributed by atoms with Crippen molar-refractivity contribution in [2.24, 2.45) is 5.73 Å². The van der Waals surface area contributed by atoms with Crippen molar-refractivity contribution in [1.82, 2.24) is 0 Å². The highest BCUT2D eigenvalue weighted by atomic mass is 79.9. The van der Waals surface area contributed by atoms with Crippen molar-refractivity contribution in [2.45, 2.75) is 20.1 Å².